The number of benzene rings is 1. The minimum absolute atomic E-state index is 0.0268. The molecule has 0 bridgehead atoms. The van der Waals surface area contributed by atoms with Crippen LogP contribution in [0.25, 0.3) is 0 Å². The zero-order valence-corrected chi connectivity index (χ0v) is 12.5. The van der Waals surface area contributed by atoms with E-state index in [1.165, 1.54) is 0 Å². The molecule has 1 amide bonds. The Hall–Kier alpha value is -1.07. The highest BCUT2D eigenvalue weighted by Crippen LogP contribution is 2.24. The molecular formula is C13H19BrN2O2. The van der Waals surface area contributed by atoms with Gasteiger partial charge in [-0.05, 0) is 42.0 Å². The number of nitrogens with one attached hydrogen (secondary N) is 1. The molecule has 0 aromatic heterocycles. The molecule has 1 rings (SSSR count). The molecule has 4 nitrogen and oxygen atoms in total. The predicted molar refractivity (Wildman–Crippen MR) is 75.8 cm³/mol. The van der Waals surface area contributed by atoms with Gasteiger partial charge in [-0.1, -0.05) is 12.1 Å². The van der Waals surface area contributed by atoms with Gasteiger partial charge in [0.1, 0.15) is 5.75 Å². The van der Waals surface area contributed by atoms with Crippen LogP contribution in [0.15, 0.2) is 28.7 Å². The molecule has 100 valence electrons. The van der Waals surface area contributed by atoms with Gasteiger partial charge >= 0.3 is 0 Å². The summed E-state index contributed by atoms with van der Waals surface area (Å²) >= 11 is 3.39. The molecule has 1 aromatic rings. The molecule has 0 heterocycles. The number of halogens is 1. The summed E-state index contributed by atoms with van der Waals surface area (Å²) in [4.78, 5) is 13.7. The maximum absolute atomic E-state index is 12.0. The van der Waals surface area contributed by atoms with Gasteiger partial charge in [-0.25, -0.2) is 0 Å². The molecule has 1 N–H and O–H groups in total. The van der Waals surface area contributed by atoms with Gasteiger partial charge in [-0.3, -0.25) is 4.79 Å². The summed E-state index contributed by atoms with van der Waals surface area (Å²) in [5.74, 6) is 0.654. The lowest BCUT2D eigenvalue weighted by atomic mass is 10.3. The van der Waals surface area contributed by atoms with E-state index in [-0.39, 0.29) is 5.91 Å². The van der Waals surface area contributed by atoms with Gasteiger partial charge in [0.2, 0.25) is 0 Å². The van der Waals surface area contributed by atoms with E-state index >= 15 is 0 Å². The van der Waals surface area contributed by atoms with Crippen molar-refractivity contribution in [2.24, 2.45) is 0 Å². The van der Waals surface area contributed by atoms with E-state index in [0.29, 0.717) is 12.3 Å². The van der Waals surface area contributed by atoms with Crippen molar-refractivity contribution in [3.05, 3.63) is 28.7 Å². The lowest BCUT2D eigenvalue weighted by Crippen LogP contribution is -2.40. The van der Waals surface area contributed by atoms with Crippen LogP contribution in [0.5, 0.6) is 5.75 Å². The third-order valence-corrected chi connectivity index (χ3v) is 3.22. The summed E-state index contributed by atoms with van der Waals surface area (Å²) < 4.78 is 6.50. The average molecular weight is 315 g/mol. The molecule has 5 heteroatoms. The zero-order valence-electron chi connectivity index (χ0n) is 10.9. The quantitative estimate of drug-likeness (QED) is 0.872. The van der Waals surface area contributed by atoms with E-state index < -0.39 is 6.10 Å². The van der Waals surface area contributed by atoms with Crippen LogP contribution < -0.4 is 10.1 Å². The molecule has 1 aromatic carbocycles. The number of nitrogens with zero attached hydrogens (tertiary/aromatic N) is 1. The van der Waals surface area contributed by atoms with Gasteiger partial charge in [-0.15, -0.1) is 0 Å². The first-order chi connectivity index (χ1) is 8.56. The van der Waals surface area contributed by atoms with Crippen LogP contribution in [0.3, 0.4) is 0 Å². The molecule has 0 aliphatic heterocycles. The van der Waals surface area contributed by atoms with Crippen molar-refractivity contribution in [3.63, 3.8) is 0 Å². The van der Waals surface area contributed by atoms with E-state index in [0.717, 1.165) is 11.0 Å². The number of carbonyl (C=O) groups excluding carboxylic acids is 1. The number of carbonyl (C=O) groups is 1. The van der Waals surface area contributed by atoms with Gasteiger partial charge in [0.05, 0.1) is 4.47 Å². The molecule has 0 saturated carbocycles. The van der Waals surface area contributed by atoms with Crippen LogP contribution in [0.2, 0.25) is 0 Å². The lowest BCUT2D eigenvalue weighted by Gasteiger charge is -2.22. The van der Waals surface area contributed by atoms with Crippen LogP contribution in [0, 0.1) is 0 Å². The van der Waals surface area contributed by atoms with Crippen molar-refractivity contribution < 1.29 is 9.53 Å². The van der Waals surface area contributed by atoms with E-state index in [2.05, 4.69) is 21.2 Å². The van der Waals surface area contributed by atoms with E-state index in [4.69, 9.17) is 4.74 Å². The number of rotatable bonds is 6. The molecule has 0 radical (unpaired) electrons. The fourth-order valence-corrected chi connectivity index (χ4v) is 1.86. The first kappa shape index (κ1) is 15.0. The van der Waals surface area contributed by atoms with Gasteiger partial charge in [0.25, 0.3) is 5.91 Å². The minimum atomic E-state index is -0.495. The normalized spacial score (nSPS) is 12.0. The predicted octanol–water partition coefficient (Wildman–Crippen LogP) is 1.89. The fraction of sp³-hybridized carbons (Fsp3) is 0.462. The molecule has 0 aliphatic carbocycles. The second kappa shape index (κ2) is 7.38. The fourth-order valence-electron chi connectivity index (χ4n) is 1.48. The number of amides is 1. The first-order valence-electron chi connectivity index (χ1n) is 5.87. The van der Waals surface area contributed by atoms with Gasteiger partial charge in [0.15, 0.2) is 6.10 Å². The maximum atomic E-state index is 12.0. The number of hydrogen-bond donors (Lipinski definition) is 1. The van der Waals surface area contributed by atoms with Crippen LogP contribution in [0.1, 0.15) is 6.92 Å². The molecule has 0 spiro atoms. The Morgan fingerprint density at radius 3 is 2.78 bits per heavy atom. The first-order valence-corrected chi connectivity index (χ1v) is 6.66. The SMILES string of the molecule is CNCCN(C)C(=O)C(C)Oc1ccccc1Br. The lowest BCUT2D eigenvalue weighted by molar-refractivity contribution is -0.136. The Morgan fingerprint density at radius 2 is 2.17 bits per heavy atom. The van der Waals surface area contributed by atoms with Crippen LogP contribution in [-0.2, 0) is 4.79 Å². The van der Waals surface area contributed by atoms with E-state index in [9.17, 15) is 4.79 Å². The number of hydrogen-bond acceptors (Lipinski definition) is 3. The summed E-state index contributed by atoms with van der Waals surface area (Å²) in [5.41, 5.74) is 0. The molecule has 0 aliphatic rings. The number of ether oxygens (including phenoxy) is 1. The van der Waals surface area contributed by atoms with Gasteiger partial charge in [0, 0.05) is 20.1 Å². The second-order valence-electron chi connectivity index (χ2n) is 4.05. The Morgan fingerprint density at radius 1 is 1.50 bits per heavy atom. The van der Waals surface area contributed by atoms with Gasteiger partial charge in [-0.2, -0.15) is 0 Å². The summed E-state index contributed by atoms with van der Waals surface area (Å²) in [6, 6.07) is 7.50. The van der Waals surface area contributed by atoms with E-state index in [1.807, 2.05) is 31.3 Å². The maximum Gasteiger partial charge on any atom is 0.263 e. The summed E-state index contributed by atoms with van der Waals surface area (Å²) in [7, 11) is 3.64. The molecule has 0 fully saturated rings. The monoisotopic (exact) mass is 314 g/mol. The standard InChI is InChI=1S/C13H19BrN2O2/c1-10(13(17)16(3)9-8-15-2)18-12-7-5-4-6-11(12)14/h4-7,10,15H,8-9H2,1-3H3. The molecule has 0 saturated heterocycles. The van der Waals surface area contributed by atoms with Gasteiger partial charge < -0.3 is 15.0 Å². The Bertz CT molecular complexity index is 398. The average Bonchev–Trinajstić information content (AvgIpc) is 2.37. The highest BCUT2D eigenvalue weighted by atomic mass is 79.9. The second-order valence-corrected chi connectivity index (χ2v) is 4.91. The molecular weight excluding hydrogens is 296 g/mol. The Labute approximate surface area is 116 Å². The zero-order chi connectivity index (χ0) is 13.5. The third kappa shape index (κ3) is 4.31. The molecule has 1 atom stereocenters. The van der Waals surface area contributed by atoms with Crippen molar-refractivity contribution in [1.29, 1.82) is 0 Å². The van der Waals surface area contributed by atoms with E-state index in [1.54, 1.807) is 18.9 Å². The molecule has 1 unspecified atom stereocenters. The van der Waals surface area contributed by atoms with Crippen molar-refractivity contribution in [1.82, 2.24) is 10.2 Å². The minimum Gasteiger partial charge on any atom is -0.480 e. The Balaban J connectivity index is 2.57. The van der Waals surface area contributed by atoms with Crippen LogP contribution >= 0.6 is 15.9 Å². The van der Waals surface area contributed by atoms with Crippen LogP contribution in [-0.4, -0.2) is 44.1 Å². The smallest absolute Gasteiger partial charge is 0.263 e. The Kier molecular flexibility index (Phi) is 6.15. The highest BCUT2D eigenvalue weighted by molar-refractivity contribution is 9.10. The summed E-state index contributed by atoms with van der Waals surface area (Å²) in [6.07, 6.45) is -0.495. The summed E-state index contributed by atoms with van der Waals surface area (Å²) in [5, 5.41) is 3.01. The third-order valence-electron chi connectivity index (χ3n) is 2.56. The van der Waals surface area contributed by atoms with Crippen molar-refractivity contribution in [2.45, 2.75) is 13.0 Å². The van der Waals surface area contributed by atoms with Crippen molar-refractivity contribution in [2.75, 3.05) is 27.2 Å². The number of para-hydroxylation sites is 1. The number of likely N-dealkylation sites (N-methyl/N-ethyl adjacent to an activating group) is 2. The largest absolute Gasteiger partial charge is 0.480 e. The van der Waals surface area contributed by atoms with Crippen molar-refractivity contribution in [3.8, 4) is 5.75 Å². The molecule has 18 heavy (non-hydrogen) atoms. The van der Waals surface area contributed by atoms with Crippen molar-refractivity contribution >= 4 is 21.8 Å². The highest BCUT2D eigenvalue weighted by Gasteiger charge is 2.19. The van der Waals surface area contributed by atoms with Crippen LogP contribution in [0.4, 0.5) is 0 Å². The summed E-state index contributed by atoms with van der Waals surface area (Å²) in [6.45, 7) is 3.20. The topological polar surface area (TPSA) is 41.6 Å².